The summed E-state index contributed by atoms with van der Waals surface area (Å²) in [5, 5.41) is 8.62. The van der Waals surface area contributed by atoms with E-state index in [0.717, 1.165) is 44.5 Å². The standard InChI is InChI=1S/C28H30F2N4O5S.ClH/c29-21-3-6-23(7-4-21)39-26-10-5-22(30)17-25(26)34-40(37,38)24-8-1-20(2-9-24)28(36)33-18-27(35)32-16-13-19-11-14-31-15-12-19;/h1-10,17,19,31,34H,11-16,18H2,(H,32,35)(H,33,36);1H. The van der Waals surface area contributed by atoms with Gasteiger partial charge in [0.2, 0.25) is 5.91 Å². The molecule has 13 heteroatoms. The van der Waals surface area contributed by atoms with Crippen LogP contribution in [0.1, 0.15) is 29.6 Å². The lowest BCUT2D eigenvalue weighted by Crippen LogP contribution is -2.38. The lowest BCUT2D eigenvalue weighted by Gasteiger charge is -2.22. The molecule has 1 aliphatic rings. The number of anilines is 1. The third-order valence-electron chi connectivity index (χ3n) is 6.40. The highest BCUT2D eigenvalue weighted by Crippen LogP contribution is 2.32. The zero-order chi connectivity index (χ0) is 28.5. The van der Waals surface area contributed by atoms with E-state index >= 15 is 0 Å². The summed E-state index contributed by atoms with van der Waals surface area (Å²) in [6.45, 7) is 2.31. The summed E-state index contributed by atoms with van der Waals surface area (Å²) in [4.78, 5) is 24.4. The molecule has 0 atom stereocenters. The van der Waals surface area contributed by atoms with Crippen molar-refractivity contribution in [3.05, 3.63) is 83.9 Å². The molecule has 3 aromatic carbocycles. The third-order valence-corrected chi connectivity index (χ3v) is 7.78. The Hall–Kier alpha value is -3.74. The van der Waals surface area contributed by atoms with E-state index < -0.39 is 27.6 Å². The Kier molecular flexibility index (Phi) is 11.4. The molecule has 1 saturated heterocycles. The van der Waals surface area contributed by atoms with Gasteiger partial charge in [-0.3, -0.25) is 14.3 Å². The quantitative estimate of drug-likeness (QED) is 0.258. The van der Waals surface area contributed by atoms with Crippen LogP contribution in [0.25, 0.3) is 0 Å². The Balaban J connectivity index is 0.00000462. The molecule has 1 heterocycles. The number of benzene rings is 3. The minimum atomic E-state index is -4.20. The molecule has 0 bridgehead atoms. The van der Waals surface area contributed by atoms with Crippen LogP contribution in [0.5, 0.6) is 11.5 Å². The van der Waals surface area contributed by atoms with Crippen LogP contribution < -0.4 is 25.4 Å². The molecule has 4 rings (SSSR count). The Morgan fingerprint density at radius 1 is 0.902 bits per heavy atom. The van der Waals surface area contributed by atoms with Gasteiger partial charge in [-0.25, -0.2) is 17.2 Å². The lowest BCUT2D eigenvalue weighted by molar-refractivity contribution is -0.120. The smallest absolute Gasteiger partial charge is 0.262 e. The number of hydrogen-bond donors (Lipinski definition) is 4. The van der Waals surface area contributed by atoms with Crippen molar-refractivity contribution in [2.24, 2.45) is 5.92 Å². The summed E-state index contributed by atoms with van der Waals surface area (Å²) in [5.74, 6) is -1.22. The van der Waals surface area contributed by atoms with E-state index in [2.05, 4.69) is 20.7 Å². The summed E-state index contributed by atoms with van der Waals surface area (Å²) < 4.78 is 61.0. The van der Waals surface area contributed by atoms with Crippen molar-refractivity contribution < 1.29 is 31.5 Å². The van der Waals surface area contributed by atoms with E-state index in [0.29, 0.717) is 12.5 Å². The number of rotatable bonds is 11. The van der Waals surface area contributed by atoms with Crippen LogP contribution in [-0.4, -0.2) is 46.4 Å². The minimum absolute atomic E-state index is 0. The van der Waals surface area contributed by atoms with Crippen LogP contribution in [0.4, 0.5) is 14.5 Å². The molecule has 0 aromatic heterocycles. The zero-order valence-corrected chi connectivity index (χ0v) is 23.6. The molecule has 0 spiro atoms. The predicted octanol–water partition coefficient (Wildman–Crippen LogP) is 4.22. The number of carbonyl (C=O) groups excluding carboxylic acids is 2. The molecular formula is C28H31ClF2N4O5S. The highest BCUT2D eigenvalue weighted by molar-refractivity contribution is 7.92. The summed E-state index contributed by atoms with van der Waals surface area (Å²) in [6.07, 6.45) is 3.06. The van der Waals surface area contributed by atoms with Gasteiger partial charge in [0.25, 0.3) is 15.9 Å². The van der Waals surface area contributed by atoms with Gasteiger partial charge in [-0.15, -0.1) is 12.4 Å². The fourth-order valence-electron chi connectivity index (χ4n) is 4.20. The van der Waals surface area contributed by atoms with Crippen molar-refractivity contribution in [2.45, 2.75) is 24.2 Å². The number of halogens is 3. The maximum absolute atomic E-state index is 13.9. The Morgan fingerprint density at radius 2 is 1.56 bits per heavy atom. The largest absolute Gasteiger partial charge is 0.455 e. The van der Waals surface area contributed by atoms with Gasteiger partial charge in [0, 0.05) is 18.2 Å². The van der Waals surface area contributed by atoms with E-state index in [1.165, 1.54) is 54.6 Å². The second-order valence-corrected chi connectivity index (χ2v) is 11.0. The number of nitrogens with one attached hydrogen (secondary N) is 4. The second kappa shape index (κ2) is 14.8. The van der Waals surface area contributed by atoms with Gasteiger partial charge in [-0.05, 0) is 98.9 Å². The van der Waals surface area contributed by atoms with Gasteiger partial charge in [0.05, 0.1) is 17.1 Å². The van der Waals surface area contributed by atoms with Crippen LogP contribution in [-0.2, 0) is 14.8 Å². The number of sulfonamides is 1. The molecular weight excluding hydrogens is 578 g/mol. The van der Waals surface area contributed by atoms with Gasteiger partial charge in [-0.2, -0.15) is 0 Å². The second-order valence-electron chi connectivity index (χ2n) is 9.34. The minimum Gasteiger partial charge on any atom is -0.455 e. The van der Waals surface area contributed by atoms with Crippen LogP contribution in [0.3, 0.4) is 0 Å². The maximum Gasteiger partial charge on any atom is 0.262 e. The van der Waals surface area contributed by atoms with Crippen LogP contribution in [0.15, 0.2) is 71.6 Å². The van der Waals surface area contributed by atoms with E-state index in [4.69, 9.17) is 4.74 Å². The molecule has 9 nitrogen and oxygen atoms in total. The van der Waals surface area contributed by atoms with Crippen molar-refractivity contribution in [1.82, 2.24) is 16.0 Å². The van der Waals surface area contributed by atoms with E-state index in [1.54, 1.807) is 0 Å². The number of carbonyl (C=O) groups is 2. The van der Waals surface area contributed by atoms with E-state index in [-0.39, 0.29) is 52.5 Å². The molecule has 41 heavy (non-hydrogen) atoms. The van der Waals surface area contributed by atoms with Gasteiger partial charge >= 0.3 is 0 Å². The molecule has 3 aromatic rings. The molecule has 0 aliphatic carbocycles. The molecule has 1 fully saturated rings. The molecule has 220 valence electrons. The predicted molar refractivity (Wildman–Crippen MR) is 153 cm³/mol. The van der Waals surface area contributed by atoms with E-state index in [1.807, 2.05) is 0 Å². The molecule has 0 saturated carbocycles. The van der Waals surface area contributed by atoms with Gasteiger partial charge < -0.3 is 20.7 Å². The summed E-state index contributed by atoms with van der Waals surface area (Å²) >= 11 is 0. The number of ether oxygens (including phenoxy) is 1. The average Bonchev–Trinajstić information content (AvgIpc) is 2.95. The highest BCUT2D eigenvalue weighted by atomic mass is 35.5. The summed E-state index contributed by atoms with van der Waals surface area (Å²) in [5.41, 5.74) is -0.00939. The first-order valence-electron chi connectivity index (χ1n) is 12.8. The number of piperidine rings is 1. The fraction of sp³-hybridized carbons (Fsp3) is 0.286. The van der Waals surface area contributed by atoms with Gasteiger partial charge in [0.1, 0.15) is 17.4 Å². The summed E-state index contributed by atoms with van der Waals surface area (Å²) in [6, 6.07) is 13.4. The summed E-state index contributed by atoms with van der Waals surface area (Å²) in [7, 11) is -4.20. The normalized spacial score (nSPS) is 13.5. The Morgan fingerprint density at radius 3 is 2.24 bits per heavy atom. The van der Waals surface area contributed by atoms with Crippen LogP contribution in [0, 0.1) is 17.6 Å². The third kappa shape index (κ3) is 9.41. The molecule has 1 aliphatic heterocycles. The van der Waals surface area contributed by atoms with Crippen molar-refractivity contribution in [3.8, 4) is 11.5 Å². The average molecular weight is 609 g/mol. The SMILES string of the molecule is Cl.O=C(CNC(=O)c1ccc(S(=O)(=O)Nc2cc(F)ccc2Oc2ccc(F)cc2)cc1)NCCC1CCNCC1. The van der Waals surface area contributed by atoms with Gasteiger partial charge in [0.15, 0.2) is 5.75 Å². The van der Waals surface area contributed by atoms with Crippen molar-refractivity contribution >= 4 is 39.9 Å². The number of amides is 2. The first kappa shape index (κ1) is 31.8. The van der Waals surface area contributed by atoms with Gasteiger partial charge in [-0.1, -0.05) is 0 Å². The van der Waals surface area contributed by atoms with Crippen LogP contribution in [0.2, 0.25) is 0 Å². The van der Waals surface area contributed by atoms with Crippen molar-refractivity contribution in [3.63, 3.8) is 0 Å². The Bertz CT molecular complexity index is 1430. The molecule has 0 radical (unpaired) electrons. The fourth-order valence-corrected chi connectivity index (χ4v) is 5.26. The molecule has 0 unspecified atom stereocenters. The monoisotopic (exact) mass is 608 g/mol. The first-order chi connectivity index (χ1) is 19.2. The molecule has 2 amide bonds. The lowest BCUT2D eigenvalue weighted by atomic mass is 9.95. The van der Waals surface area contributed by atoms with E-state index in [9.17, 15) is 26.8 Å². The number of hydrogen-bond acceptors (Lipinski definition) is 6. The molecule has 4 N–H and O–H groups in total. The van der Waals surface area contributed by atoms with Crippen molar-refractivity contribution in [1.29, 1.82) is 0 Å². The maximum atomic E-state index is 13.9. The van der Waals surface area contributed by atoms with Crippen molar-refractivity contribution in [2.75, 3.05) is 30.9 Å². The topological polar surface area (TPSA) is 126 Å². The highest BCUT2D eigenvalue weighted by Gasteiger charge is 2.19. The Labute approximate surface area is 243 Å². The van der Waals surface area contributed by atoms with Crippen LogP contribution >= 0.6 is 12.4 Å². The zero-order valence-electron chi connectivity index (χ0n) is 22.0. The first-order valence-corrected chi connectivity index (χ1v) is 14.3.